The van der Waals surface area contributed by atoms with E-state index in [9.17, 15) is 14.4 Å². The molecule has 1 aromatic rings. The van der Waals surface area contributed by atoms with Crippen molar-refractivity contribution in [2.75, 3.05) is 29.7 Å². The van der Waals surface area contributed by atoms with Crippen LogP contribution in [0.3, 0.4) is 0 Å². The number of nitrogens with zero attached hydrogens (tertiary/aromatic N) is 2. The van der Waals surface area contributed by atoms with E-state index >= 15 is 0 Å². The largest absolute Gasteiger partial charge is 0.352 e. The molecule has 2 atom stereocenters. The van der Waals surface area contributed by atoms with Crippen LogP contribution in [0.5, 0.6) is 0 Å². The summed E-state index contributed by atoms with van der Waals surface area (Å²) >= 11 is 3.04. The van der Waals surface area contributed by atoms with Crippen LogP contribution in [-0.4, -0.2) is 59.6 Å². The smallest absolute Gasteiger partial charge is 0.332 e. The van der Waals surface area contributed by atoms with Gasteiger partial charge in [-0.1, -0.05) is 6.07 Å². The Hall–Kier alpha value is -1.67. The molecule has 0 saturated carbocycles. The van der Waals surface area contributed by atoms with Crippen LogP contribution in [0.1, 0.15) is 12.8 Å². The lowest BCUT2D eigenvalue weighted by molar-refractivity contribution is -0.123. The summed E-state index contributed by atoms with van der Waals surface area (Å²) in [4.78, 5) is 41.3. The molecule has 134 valence electrons. The van der Waals surface area contributed by atoms with Gasteiger partial charge in [0.05, 0.1) is 11.4 Å². The van der Waals surface area contributed by atoms with Gasteiger partial charge in [-0.3, -0.25) is 9.59 Å². The quantitative estimate of drug-likeness (QED) is 0.627. The molecule has 4 amide bonds. The average molecular weight is 380 g/mol. The first kappa shape index (κ1) is 18.1. The summed E-state index contributed by atoms with van der Waals surface area (Å²) in [6.45, 7) is 0.484. The van der Waals surface area contributed by atoms with Crippen molar-refractivity contribution < 1.29 is 14.4 Å². The van der Waals surface area contributed by atoms with E-state index in [1.54, 1.807) is 22.7 Å². The third kappa shape index (κ3) is 3.64. The summed E-state index contributed by atoms with van der Waals surface area (Å²) in [5.41, 5.74) is 0.610. The molecule has 2 fully saturated rings. The monoisotopic (exact) mass is 379 g/mol. The SMILES string of the molecule is CSCC(=O)NC1CCN2C(=O)N(c3cccc(SC)c3)C(=O)C2C1. The standard InChI is InChI=1S/C17H21N3O3S2/c1-24-10-15(21)18-11-6-7-19-14(8-11)16(22)20(17(19)23)12-4-3-5-13(9-12)25-2/h3-5,9,11,14H,6-8,10H2,1-2H3,(H,18,21). The number of urea groups is 1. The fourth-order valence-corrected chi connectivity index (χ4v) is 4.12. The molecule has 0 bridgehead atoms. The van der Waals surface area contributed by atoms with Crippen molar-refractivity contribution in [1.29, 1.82) is 0 Å². The van der Waals surface area contributed by atoms with E-state index in [2.05, 4.69) is 5.32 Å². The lowest BCUT2D eigenvalue weighted by Crippen LogP contribution is -2.50. The van der Waals surface area contributed by atoms with Crippen LogP contribution in [0, 0.1) is 0 Å². The topological polar surface area (TPSA) is 69.7 Å². The molecule has 1 N–H and O–H groups in total. The number of imide groups is 1. The Bertz CT molecular complexity index is 697. The number of carbonyl (C=O) groups excluding carboxylic acids is 3. The van der Waals surface area contributed by atoms with Crippen molar-refractivity contribution in [2.45, 2.75) is 29.8 Å². The van der Waals surface area contributed by atoms with Crippen molar-refractivity contribution in [3.8, 4) is 0 Å². The molecule has 2 unspecified atom stereocenters. The maximum Gasteiger partial charge on any atom is 0.332 e. The Labute approximate surface area is 155 Å². The summed E-state index contributed by atoms with van der Waals surface area (Å²) in [5, 5.41) is 2.97. The highest BCUT2D eigenvalue weighted by Crippen LogP contribution is 2.32. The Morgan fingerprint density at radius 2 is 2.12 bits per heavy atom. The first-order valence-corrected chi connectivity index (χ1v) is 10.7. The van der Waals surface area contributed by atoms with Crippen LogP contribution < -0.4 is 10.2 Å². The Morgan fingerprint density at radius 1 is 1.32 bits per heavy atom. The van der Waals surface area contributed by atoms with Crippen LogP contribution in [0.2, 0.25) is 0 Å². The zero-order valence-electron chi connectivity index (χ0n) is 14.2. The van der Waals surface area contributed by atoms with E-state index in [1.807, 2.05) is 30.7 Å². The second kappa shape index (κ2) is 7.70. The molecule has 2 aliphatic rings. The summed E-state index contributed by atoms with van der Waals surface area (Å²) < 4.78 is 0. The van der Waals surface area contributed by atoms with Crippen LogP contribution >= 0.6 is 23.5 Å². The van der Waals surface area contributed by atoms with E-state index in [0.717, 1.165) is 4.90 Å². The molecule has 25 heavy (non-hydrogen) atoms. The number of hydrogen-bond acceptors (Lipinski definition) is 5. The highest BCUT2D eigenvalue weighted by Gasteiger charge is 2.48. The fourth-order valence-electron chi connectivity index (χ4n) is 3.32. The number of benzene rings is 1. The molecule has 0 aliphatic carbocycles. The molecule has 3 rings (SSSR count). The van der Waals surface area contributed by atoms with Gasteiger partial charge in [0.1, 0.15) is 6.04 Å². The van der Waals surface area contributed by atoms with E-state index in [-0.39, 0.29) is 23.9 Å². The number of rotatable bonds is 5. The van der Waals surface area contributed by atoms with Gasteiger partial charge < -0.3 is 10.2 Å². The number of piperidine rings is 1. The van der Waals surface area contributed by atoms with Crippen molar-refractivity contribution >= 4 is 47.1 Å². The van der Waals surface area contributed by atoms with E-state index in [4.69, 9.17) is 0 Å². The van der Waals surface area contributed by atoms with Crippen LogP contribution in [-0.2, 0) is 9.59 Å². The lowest BCUT2D eigenvalue weighted by atomic mass is 9.98. The maximum atomic E-state index is 12.8. The summed E-state index contributed by atoms with van der Waals surface area (Å²) in [7, 11) is 0. The second-order valence-electron chi connectivity index (χ2n) is 6.09. The summed E-state index contributed by atoms with van der Waals surface area (Å²) in [5.74, 6) is 0.185. The van der Waals surface area contributed by atoms with Gasteiger partial charge in [-0.2, -0.15) is 11.8 Å². The number of amides is 4. The van der Waals surface area contributed by atoms with Crippen molar-refractivity contribution in [3.05, 3.63) is 24.3 Å². The molecule has 1 aromatic carbocycles. The molecule has 6 nitrogen and oxygen atoms in total. The Balaban J connectivity index is 1.75. The van der Waals surface area contributed by atoms with Crippen molar-refractivity contribution in [3.63, 3.8) is 0 Å². The number of carbonyl (C=O) groups is 3. The van der Waals surface area contributed by atoms with E-state index < -0.39 is 6.04 Å². The van der Waals surface area contributed by atoms with Gasteiger partial charge >= 0.3 is 6.03 Å². The van der Waals surface area contributed by atoms with Gasteiger partial charge in [0.2, 0.25) is 5.91 Å². The molecular weight excluding hydrogens is 358 g/mol. The summed E-state index contributed by atoms with van der Waals surface area (Å²) in [6.07, 6.45) is 4.98. The zero-order valence-corrected chi connectivity index (χ0v) is 15.9. The van der Waals surface area contributed by atoms with Gasteiger partial charge in [-0.25, -0.2) is 9.69 Å². The number of anilines is 1. The maximum absolute atomic E-state index is 12.8. The van der Waals surface area contributed by atoms with Gasteiger partial charge in [-0.15, -0.1) is 11.8 Å². The molecule has 8 heteroatoms. The zero-order chi connectivity index (χ0) is 18.0. The molecule has 2 saturated heterocycles. The van der Waals surface area contributed by atoms with Gasteiger partial charge in [0.15, 0.2) is 0 Å². The molecule has 2 heterocycles. The minimum absolute atomic E-state index is 0.0211. The first-order valence-electron chi connectivity index (χ1n) is 8.12. The third-order valence-electron chi connectivity index (χ3n) is 4.50. The number of nitrogens with one attached hydrogen (secondary N) is 1. The summed E-state index contributed by atoms with van der Waals surface area (Å²) in [6, 6.07) is 6.63. The van der Waals surface area contributed by atoms with Crippen molar-refractivity contribution in [1.82, 2.24) is 10.2 Å². The molecule has 0 radical (unpaired) electrons. The average Bonchev–Trinajstić information content (AvgIpc) is 2.86. The third-order valence-corrected chi connectivity index (χ3v) is 5.77. The minimum atomic E-state index is -0.487. The molecule has 0 aromatic heterocycles. The van der Waals surface area contributed by atoms with E-state index in [0.29, 0.717) is 30.8 Å². The van der Waals surface area contributed by atoms with Crippen LogP contribution in [0.25, 0.3) is 0 Å². The van der Waals surface area contributed by atoms with E-state index in [1.165, 1.54) is 16.7 Å². The number of hydrogen-bond donors (Lipinski definition) is 1. The molecule has 0 spiro atoms. The number of fused-ring (bicyclic) bond motifs is 1. The highest BCUT2D eigenvalue weighted by atomic mass is 32.2. The van der Waals surface area contributed by atoms with Gasteiger partial charge in [-0.05, 0) is 43.6 Å². The van der Waals surface area contributed by atoms with Crippen molar-refractivity contribution in [2.24, 2.45) is 0 Å². The number of thioether (sulfide) groups is 2. The lowest BCUT2D eigenvalue weighted by Gasteiger charge is -2.32. The minimum Gasteiger partial charge on any atom is -0.352 e. The van der Waals surface area contributed by atoms with Gasteiger partial charge in [0, 0.05) is 17.5 Å². The fraction of sp³-hybridized carbons (Fsp3) is 0.471. The van der Waals surface area contributed by atoms with Crippen LogP contribution in [0.4, 0.5) is 10.5 Å². The second-order valence-corrected chi connectivity index (χ2v) is 7.83. The predicted octanol–water partition coefficient (Wildman–Crippen LogP) is 2.19. The molecular formula is C17H21N3O3S2. The normalized spacial score (nSPS) is 23.0. The Morgan fingerprint density at radius 3 is 2.84 bits per heavy atom. The first-order chi connectivity index (χ1) is 12.0. The Kier molecular flexibility index (Phi) is 5.58. The van der Waals surface area contributed by atoms with Gasteiger partial charge in [0.25, 0.3) is 5.91 Å². The molecule has 2 aliphatic heterocycles. The predicted molar refractivity (Wildman–Crippen MR) is 101 cm³/mol. The van der Waals surface area contributed by atoms with Crippen LogP contribution in [0.15, 0.2) is 29.2 Å². The highest BCUT2D eigenvalue weighted by molar-refractivity contribution is 7.99.